The van der Waals surface area contributed by atoms with Crippen LogP contribution in [0.2, 0.25) is 0 Å². The first-order valence-electron chi connectivity index (χ1n) is 7.76. The van der Waals surface area contributed by atoms with Crippen LogP contribution in [-0.4, -0.2) is 50.7 Å². The second-order valence-electron chi connectivity index (χ2n) is 5.58. The molecule has 0 aliphatic rings. The van der Waals surface area contributed by atoms with Gasteiger partial charge in [-0.25, -0.2) is 0 Å². The number of nitrogens with two attached hydrogens (primary N) is 4. The van der Waals surface area contributed by atoms with Crippen molar-refractivity contribution in [3.63, 3.8) is 0 Å². The van der Waals surface area contributed by atoms with Crippen LogP contribution in [0.25, 0.3) is 0 Å². The number of primary amides is 1. The molecule has 0 rings (SSSR count). The number of unbranched alkanes of at least 4 members (excludes halogenated alkanes) is 1. The third-order valence-electron chi connectivity index (χ3n) is 2.71. The minimum Gasteiger partial charge on any atom is -0.368 e. The van der Waals surface area contributed by atoms with Gasteiger partial charge in [-0.1, -0.05) is 0 Å². The fourth-order valence-corrected chi connectivity index (χ4v) is 1.20. The fourth-order valence-electron chi connectivity index (χ4n) is 1.20. The lowest BCUT2D eigenvalue weighted by atomic mass is 10.1. The van der Waals surface area contributed by atoms with Gasteiger partial charge in [-0.3, -0.25) is 4.79 Å². The van der Waals surface area contributed by atoms with E-state index in [1.54, 1.807) is 13.8 Å². The molecule has 0 aromatic heterocycles. The standard InChI is InChI=1S/C10H26N4.C4H10N2O/c11-5-3-9-13-7-1-2-8-14-10-4-6-12;1-4(2,6)3(5)7/h13-14H,1-12H2;6H2,1-2H3,(H2,5,7). The molecule has 0 spiro atoms. The van der Waals surface area contributed by atoms with Gasteiger partial charge >= 0.3 is 0 Å². The van der Waals surface area contributed by atoms with Crippen molar-refractivity contribution in [1.82, 2.24) is 10.6 Å². The predicted octanol–water partition coefficient (Wildman–Crippen LogP) is -1.15. The van der Waals surface area contributed by atoms with E-state index in [1.807, 2.05) is 0 Å². The van der Waals surface area contributed by atoms with E-state index in [4.69, 9.17) is 22.9 Å². The lowest BCUT2D eigenvalue weighted by molar-refractivity contribution is -0.121. The molecular formula is C14H36N6O. The van der Waals surface area contributed by atoms with Crippen LogP contribution in [0.5, 0.6) is 0 Å². The third kappa shape index (κ3) is 21.7. The molecule has 0 saturated carbocycles. The first kappa shape index (κ1) is 22.5. The van der Waals surface area contributed by atoms with Gasteiger partial charge in [0.05, 0.1) is 5.54 Å². The first-order chi connectivity index (χ1) is 9.86. The molecular weight excluding hydrogens is 268 g/mol. The van der Waals surface area contributed by atoms with Crippen LogP contribution in [-0.2, 0) is 4.79 Å². The molecule has 0 aliphatic heterocycles. The molecule has 128 valence electrons. The summed E-state index contributed by atoms with van der Waals surface area (Å²) in [6.07, 6.45) is 4.63. The summed E-state index contributed by atoms with van der Waals surface area (Å²) in [7, 11) is 0. The van der Waals surface area contributed by atoms with Crippen LogP contribution in [0.15, 0.2) is 0 Å². The van der Waals surface area contributed by atoms with Gasteiger partial charge in [0.15, 0.2) is 0 Å². The van der Waals surface area contributed by atoms with E-state index >= 15 is 0 Å². The number of hydrogen-bond acceptors (Lipinski definition) is 6. The molecule has 21 heavy (non-hydrogen) atoms. The topological polar surface area (TPSA) is 145 Å². The Bertz CT molecular complexity index is 218. The van der Waals surface area contributed by atoms with E-state index < -0.39 is 11.4 Å². The monoisotopic (exact) mass is 304 g/mol. The molecule has 7 heteroatoms. The zero-order valence-corrected chi connectivity index (χ0v) is 13.8. The predicted molar refractivity (Wildman–Crippen MR) is 89.8 cm³/mol. The minimum absolute atomic E-state index is 0.479. The van der Waals surface area contributed by atoms with Crippen molar-refractivity contribution in [3.8, 4) is 0 Å². The summed E-state index contributed by atoms with van der Waals surface area (Å²) < 4.78 is 0. The van der Waals surface area contributed by atoms with Gasteiger partial charge in [0.1, 0.15) is 0 Å². The van der Waals surface area contributed by atoms with E-state index in [1.165, 1.54) is 12.8 Å². The van der Waals surface area contributed by atoms with Crippen molar-refractivity contribution >= 4 is 5.91 Å². The zero-order valence-electron chi connectivity index (χ0n) is 13.8. The van der Waals surface area contributed by atoms with E-state index in [0.717, 1.165) is 52.1 Å². The SMILES string of the molecule is CC(C)(N)C(N)=O.NCCCNCCCCNCCCN. The molecule has 1 amide bonds. The van der Waals surface area contributed by atoms with Crippen LogP contribution >= 0.6 is 0 Å². The molecule has 0 aromatic rings. The first-order valence-corrected chi connectivity index (χ1v) is 7.76. The maximum atomic E-state index is 10.1. The summed E-state index contributed by atoms with van der Waals surface area (Å²) in [5, 5.41) is 6.72. The molecule has 7 nitrogen and oxygen atoms in total. The Morgan fingerprint density at radius 1 is 0.857 bits per heavy atom. The summed E-state index contributed by atoms with van der Waals surface area (Å²) in [5.41, 5.74) is 19.9. The molecule has 0 aromatic carbocycles. The van der Waals surface area contributed by atoms with Crippen molar-refractivity contribution in [1.29, 1.82) is 0 Å². The molecule has 10 N–H and O–H groups in total. The van der Waals surface area contributed by atoms with Crippen LogP contribution in [0.3, 0.4) is 0 Å². The summed E-state index contributed by atoms with van der Waals surface area (Å²) in [5.74, 6) is -0.479. The smallest absolute Gasteiger partial charge is 0.236 e. The average Bonchev–Trinajstić information content (AvgIpc) is 2.40. The highest BCUT2D eigenvalue weighted by molar-refractivity contribution is 5.83. The van der Waals surface area contributed by atoms with Crippen LogP contribution in [0.4, 0.5) is 0 Å². The highest BCUT2D eigenvalue weighted by Gasteiger charge is 2.16. The molecule has 0 aliphatic carbocycles. The number of carbonyl (C=O) groups is 1. The highest BCUT2D eigenvalue weighted by Crippen LogP contribution is 1.91. The maximum Gasteiger partial charge on any atom is 0.236 e. The normalized spacial score (nSPS) is 10.9. The summed E-state index contributed by atoms with van der Waals surface area (Å²) in [4.78, 5) is 10.1. The van der Waals surface area contributed by atoms with E-state index in [9.17, 15) is 4.79 Å². The van der Waals surface area contributed by atoms with Crippen molar-refractivity contribution in [2.75, 3.05) is 39.3 Å². The summed E-state index contributed by atoms with van der Waals surface area (Å²) in [6.45, 7) is 9.03. The molecule has 0 atom stereocenters. The molecule has 0 fully saturated rings. The fraction of sp³-hybridized carbons (Fsp3) is 0.929. The molecule has 0 unspecified atom stereocenters. The number of amides is 1. The number of nitrogens with one attached hydrogen (secondary N) is 2. The number of carbonyl (C=O) groups excluding carboxylic acids is 1. The van der Waals surface area contributed by atoms with Gasteiger partial charge in [0, 0.05) is 0 Å². The zero-order chi connectivity index (χ0) is 16.6. The Balaban J connectivity index is 0. The quantitative estimate of drug-likeness (QED) is 0.251. The van der Waals surface area contributed by atoms with E-state index in [2.05, 4.69) is 10.6 Å². The lowest BCUT2D eigenvalue weighted by Gasteiger charge is -2.10. The van der Waals surface area contributed by atoms with Crippen molar-refractivity contribution in [2.24, 2.45) is 22.9 Å². The Kier molecular flexibility index (Phi) is 16.8. The minimum atomic E-state index is -0.861. The van der Waals surface area contributed by atoms with Gasteiger partial charge in [-0.15, -0.1) is 0 Å². The second-order valence-corrected chi connectivity index (χ2v) is 5.58. The van der Waals surface area contributed by atoms with Crippen molar-refractivity contribution in [2.45, 2.75) is 45.1 Å². The van der Waals surface area contributed by atoms with Gasteiger partial charge in [0.2, 0.25) is 5.91 Å². The molecule has 0 heterocycles. The van der Waals surface area contributed by atoms with Crippen LogP contribution in [0.1, 0.15) is 39.5 Å². The Labute approximate surface area is 129 Å². The van der Waals surface area contributed by atoms with E-state index in [-0.39, 0.29) is 0 Å². The van der Waals surface area contributed by atoms with E-state index in [0.29, 0.717) is 0 Å². The van der Waals surface area contributed by atoms with Crippen molar-refractivity contribution < 1.29 is 4.79 Å². The maximum absolute atomic E-state index is 10.1. The lowest BCUT2D eigenvalue weighted by Crippen LogP contribution is -2.46. The second kappa shape index (κ2) is 15.7. The number of hydrogen-bond donors (Lipinski definition) is 6. The highest BCUT2D eigenvalue weighted by atomic mass is 16.1. The van der Waals surface area contributed by atoms with Crippen molar-refractivity contribution in [3.05, 3.63) is 0 Å². The van der Waals surface area contributed by atoms with Crippen LogP contribution in [0, 0.1) is 0 Å². The van der Waals surface area contributed by atoms with Gasteiger partial charge in [0.25, 0.3) is 0 Å². The van der Waals surface area contributed by atoms with Gasteiger partial charge in [-0.05, 0) is 78.8 Å². The largest absolute Gasteiger partial charge is 0.368 e. The molecule has 0 bridgehead atoms. The summed E-state index contributed by atoms with van der Waals surface area (Å²) >= 11 is 0. The van der Waals surface area contributed by atoms with Gasteiger partial charge in [-0.2, -0.15) is 0 Å². The Hall–Kier alpha value is -0.730. The number of rotatable bonds is 12. The third-order valence-corrected chi connectivity index (χ3v) is 2.71. The van der Waals surface area contributed by atoms with Gasteiger partial charge < -0.3 is 33.6 Å². The molecule has 0 saturated heterocycles. The average molecular weight is 304 g/mol. The Morgan fingerprint density at radius 3 is 1.38 bits per heavy atom. The van der Waals surface area contributed by atoms with Crippen LogP contribution < -0.4 is 33.6 Å². The Morgan fingerprint density at radius 2 is 1.14 bits per heavy atom. The summed E-state index contributed by atoms with van der Waals surface area (Å²) in [6, 6.07) is 0. The molecule has 0 radical (unpaired) electrons.